The Balaban J connectivity index is 1.54. The van der Waals surface area contributed by atoms with E-state index in [-0.39, 0.29) is 0 Å². The smallest absolute Gasteiger partial charge is 0.247 e. The molecule has 4 heterocycles. The average molecular weight is 369 g/mol. The van der Waals surface area contributed by atoms with Crippen LogP contribution in [0.15, 0.2) is 67.3 Å². The minimum atomic E-state index is 0.458. The average Bonchev–Trinajstić information content (AvgIpc) is 3.16. The summed E-state index contributed by atoms with van der Waals surface area (Å²) in [5.41, 5.74) is 4.00. The first kappa shape index (κ1) is 16.1. The van der Waals surface area contributed by atoms with Crippen molar-refractivity contribution in [1.29, 1.82) is 0 Å². The van der Waals surface area contributed by atoms with E-state index in [4.69, 9.17) is 4.74 Å². The molecule has 0 aliphatic rings. The summed E-state index contributed by atoms with van der Waals surface area (Å²) < 4.78 is 6.77. The zero-order valence-corrected chi connectivity index (χ0v) is 14.9. The molecule has 0 aliphatic carbocycles. The van der Waals surface area contributed by atoms with E-state index in [0.717, 1.165) is 27.8 Å². The predicted octanol–water partition coefficient (Wildman–Crippen LogP) is 3.49. The number of rotatable bonds is 4. The molecule has 0 saturated carbocycles. The first-order valence-corrected chi connectivity index (χ1v) is 8.64. The molecule has 0 aliphatic heterocycles. The number of hydrogen-bond donors (Lipinski definition) is 1. The first-order valence-electron chi connectivity index (χ1n) is 8.64. The molecular formula is C20H15N7O. The summed E-state index contributed by atoms with van der Waals surface area (Å²) in [5, 5.41) is 8.71. The van der Waals surface area contributed by atoms with Crippen molar-refractivity contribution in [2.24, 2.45) is 0 Å². The molecule has 0 amide bonds. The van der Waals surface area contributed by atoms with Crippen molar-refractivity contribution in [3.8, 4) is 17.1 Å². The van der Waals surface area contributed by atoms with E-state index in [0.29, 0.717) is 17.5 Å². The molecule has 1 N–H and O–H groups in total. The number of ether oxygens (including phenoxy) is 1. The number of anilines is 2. The van der Waals surface area contributed by atoms with Crippen LogP contribution in [0.5, 0.6) is 5.88 Å². The monoisotopic (exact) mass is 369 g/mol. The van der Waals surface area contributed by atoms with Gasteiger partial charge in [0.1, 0.15) is 5.69 Å². The fraction of sp³-hybridized carbons (Fsp3) is 0.0500. The summed E-state index contributed by atoms with van der Waals surface area (Å²) in [6, 6.07) is 13.6. The third kappa shape index (κ3) is 2.86. The molecule has 0 fully saturated rings. The van der Waals surface area contributed by atoms with Crippen LogP contribution in [0.4, 0.5) is 11.6 Å². The molecule has 4 aromatic heterocycles. The first-order chi connectivity index (χ1) is 13.8. The van der Waals surface area contributed by atoms with Crippen molar-refractivity contribution < 1.29 is 4.74 Å². The lowest BCUT2D eigenvalue weighted by molar-refractivity contribution is 0.398. The van der Waals surface area contributed by atoms with Crippen molar-refractivity contribution >= 4 is 28.2 Å². The molecule has 8 nitrogen and oxygen atoms in total. The predicted molar refractivity (Wildman–Crippen MR) is 106 cm³/mol. The third-order valence-electron chi connectivity index (χ3n) is 4.34. The number of nitrogens with zero attached hydrogens (tertiary/aromatic N) is 6. The zero-order chi connectivity index (χ0) is 18.9. The van der Waals surface area contributed by atoms with Crippen molar-refractivity contribution in [3.05, 3.63) is 67.3 Å². The maximum Gasteiger partial charge on any atom is 0.247 e. The van der Waals surface area contributed by atoms with Crippen LogP contribution < -0.4 is 10.1 Å². The van der Waals surface area contributed by atoms with Crippen LogP contribution in [0.25, 0.3) is 27.8 Å². The second kappa shape index (κ2) is 6.58. The molecule has 1 aromatic carbocycles. The zero-order valence-electron chi connectivity index (χ0n) is 14.9. The summed E-state index contributed by atoms with van der Waals surface area (Å²) in [5.74, 6) is 1.00. The van der Waals surface area contributed by atoms with Gasteiger partial charge in [0.25, 0.3) is 0 Å². The number of hydrogen-bond acceptors (Lipinski definition) is 7. The van der Waals surface area contributed by atoms with E-state index < -0.39 is 0 Å². The van der Waals surface area contributed by atoms with Crippen LogP contribution >= 0.6 is 0 Å². The van der Waals surface area contributed by atoms with Gasteiger partial charge in [-0.15, -0.1) is 5.10 Å². The molecule has 0 bridgehead atoms. The molecule has 0 radical (unpaired) electrons. The molecule has 8 heteroatoms. The van der Waals surface area contributed by atoms with Crippen LogP contribution in [0.3, 0.4) is 0 Å². The SMILES string of the molecule is COc1ccc(Nc2nc3c(-c4ccc5cccnc5c4)nccn3n2)cn1. The largest absolute Gasteiger partial charge is 0.481 e. The lowest BCUT2D eigenvalue weighted by Crippen LogP contribution is -1.95. The molecule has 0 unspecified atom stereocenters. The Morgan fingerprint density at radius 3 is 2.82 bits per heavy atom. The van der Waals surface area contributed by atoms with Gasteiger partial charge in [-0.2, -0.15) is 4.98 Å². The highest BCUT2D eigenvalue weighted by molar-refractivity contribution is 5.86. The molecule has 5 aromatic rings. The van der Waals surface area contributed by atoms with E-state index in [1.54, 1.807) is 42.5 Å². The fourth-order valence-electron chi connectivity index (χ4n) is 2.99. The standard InChI is InChI=1S/C20H15N7O/c1-28-17-7-6-15(12-23-17)24-20-25-19-18(22-9-10-27(19)26-20)14-5-4-13-3-2-8-21-16(13)11-14/h2-12H,1H3,(H,24,26). The highest BCUT2D eigenvalue weighted by atomic mass is 16.5. The third-order valence-corrected chi connectivity index (χ3v) is 4.34. The minimum absolute atomic E-state index is 0.458. The van der Waals surface area contributed by atoms with E-state index in [1.165, 1.54) is 0 Å². The van der Waals surface area contributed by atoms with Gasteiger partial charge in [0.15, 0.2) is 5.65 Å². The number of benzene rings is 1. The number of nitrogens with one attached hydrogen (secondary N) is 1. The quantitative estimate of drug-likeness (QED) is 0.518. The summed E-state index contributed by atoms with van der Waals surface area (Å²) >= 11 is 0. The highest BCUT2D eigenvalue weighted by Crippen LogP contribution is 2.25. The van der Waals surface area contributed by atoms with E-state index in [1.807, 2.05) is 36.4 Å². The maximum absolute atomic E-state index is 5.08. The van der Waals surface area contributed by atoms with Gasteiger partial charge in [-0.3, -0.25) is 9.97 Å². The lowest BCUT2D eigenvalue weighted by atomic mass is 10.1. The van der Waals surface area contributed by atoms with Gasteiger partial charge in [-0.1, -0.05) is 18.2 Å². The Morgan fingerprint density at radius 2 is 1.96 bits per heavy atom. The van der Waals surface area contributed by atoms with Crippen LogP contribution in [0, 0.1) is 0 Å². The summed E-state index contributed by atoms with van der Waals surface area (Å²) in [6.45, 7) is 0. The van der Waals surface area contributed by atoms with Gasteiger partial charge < -0.3 is 10.1 Å². The molecule has 136 valence electrons. The van der Waals surface area contributed by atoms with Gasteiger partial charge in [-0.25, -0.2) is 9.50 Å². The van der Waals surface area contributed by atoms with Crippen molar-refractivity contribution in [3.63, 3.8) is 0 Å². The Morgan fingerprint density at radius 1 is 1.00 bits per heavy atom. The molecule has 0 atom stereocenters. The molecule has 28 heavy (non-hydrogen) atoms. The van der Waals surface area contributed by atoms with Gasteiger partial charge in [0.2, 0.25) is 11.8 Å². The van der Waals surface area contributed by atoms with Crippen LogP contribution in [0.1, 0.15) is 0 Å². The van der Waals surface area contributed by atoms with Crippen LogP contribution in [-0.2, 0) is 0 Å². The second-order valence-electron chi connectivity index (χ2n) is 6.10. The van der Waals surface area contributed by atoms with Crippen molar-refractivity contribution in [2.45, 2.75) is 0 Å². The summed E-state index contributed by atoms with van der Waals surface area (Å²) in [6.07, 6.45) is 6.92. The van der Waals surface area contributed by atoms with Crippen molar-refractivity contribution in [2.75, 3.05) is 12.4 Å². The van der Waals surface area contributed by atoms with E-state index in [2.05, 4.69) is 30.4 Å². The summed E-state index contributed by atoms with van der Waals surface area (Å²) in [7, 11) is 1.58. The Labute approximate surface area is 159 Å². The molecule has 5 rings (SSSR count). The second-order valence-corrected chi connectivity index (χ2v) is 6.10. The molecule has 0 saturated heterocycles. The maximum atomic E-state index is 5.08. The Bertz CT molecular complexity index is 1280. The van der Waals surface area contributed by atoms with E-state index >= 15 is 0 Å². The lowest BCUT2D eigenvalue weighted by Gasteiger charge is -2.03. The fourth-order valence-corrected chi connectivity index (χ4v) is 2.99. The number of fused-ring (bicyclic) bond motifs is 2. The van der Waals surface area contributed by atoms with Crippen LogP contribution in [0.2, 0.25) is 0 Å². The van der Waals surface area contributed by atoms with Gasteiger partial charge in [0, 0.05) is 35.6 Å². The topological polar surface area (TPSA) is 90.1 Å². The minimum Gasteiger partial charge on any atom is -0.481 e. The molecular weight excluding hydrogens is 354 g/mol. The summed E-state index contributed by atoms with van der Waals surface area (Å²) in [4.78, 5) is 17.7. The number of aromatic nitrogens is 6. The molecule has 0 spiro atoms. The van der Waals surface area contributed by atoms with Crippen LogP contribution in [-0.4, -0.2) is 36.7 Å². The number of methoxy groups -OCH3 is 1. The van der Waals surface area contributed by atoms with Gasteiger partial charge in [-0.05, 0) is 18.2 Å². The van der Waals surface area contributed by atoms with E-state index in [9.17, 15) is 0 Å². The van der Waals surface area contributed by atoms with Gasteiger partial charge in [0.05, 0.1) is 24.5 Å². The van der Waals surface area contributed by atoms with Gasteiger partial charge >= 0.3 is 0 Å². The normalized spacial score (nSPS) is 11.0. The highest BCUT2D eigenvalue weighted by Gasteiger charge is 2.12. The Hall–Kier alpha value is -4.07. The number of pyridine rings is 2. The van der Waals surface area contributed by atoms with Crippen molar-refractivity contribution in [1.82, 2.24) is 29.5 Å². The Kier molecular flexibility index (Phi) is 3.79.